The third-order valence-electron chi connectivity index (χ3n) is 3.61. The molecule has 1 saturated heterocycles. The third kappa shape index (κ3) is 3.00. The topological polar surface area (TPSA) is 87.3 Å². The molecule has 7 heteroatoms. The van der Waals surface area contributed by atoms with Gasteiger partial charge in [-0.05, 0) is 51.2 Å². The Morgan fingerprint density at radius 2 is 1.95 bits per heavy atom. The smallest absolute Gasteiger partial charge is 0.240 e. The lowest BCUT2D eigenvalue weighted by Crippen LogP contribution is -2.35. The molecule has 1 aromatic carbocycles. The van der Waals surface area contributed by atoms with Gasteiger partial charge in [0.1, 0.15) is 0 Å². The molecule has 110 valence electrons. The van der Waals surface area contributed by atoms with Gasteiger partial charge in [-0.2, -0.15) is 0 Å². The molecule has 3 N–H and O–H groups in total. The molecule has 0 spiro atoms. The molecule has 0 bridgehead atoms. The van der Waals surface area contributed by atoms with Crippen LogP contribution in [0.3, 0.4) is 0 Å². The number of nitrogens with one attached hydrogen (secondary N) is 3. The number of carbonyl (C=O) groups is 1. The van der Waals surface area contributed by atoms with Crippen molar-refractivity contribution in [1.29, 1.82) is 0 Å². The van der Waals surface area contributed by atoms with Gasteiger partial charge in [0, 0.05) is 12.2 Å². The fourth-order valence-corrected chi connectivity index (χ4v) is 2.86. The molecule has 0 aliphatic carbocycles. The number of sulfonamides is 1. The van der Waals surface area contributed by atoms with E-state index >= 15 is 0 Å². The molecule has 0 radical (unpaired) electrons. The number of benzene rings is 1. The Bertz CT molecular complexity index is 590. The van der Waals surface area contributed by atoms with Crippen molar-refractivity contribution < 1.29 is 13.2 Å². The van der Waals surface area contributed by atoms with Crippen LogP contribution in [0.15, 0.2) is 29.2 Å². The highest BCUT2D eigenvalue weighted by Crippen LogP contribution is 2.26. The first-order valence-electron chi connectivity index (χ1n) is 6.43. The van der Waals surface area contributed by atoms with Crippen molar-refractivity contribution in [2.75, 3.05) is 25.5 Å². The average Bonchev–Trinajstić information content (AvgIpc) is 2.88. The van der Waals surface area contributed by atoms with Crippen LogP contribution in [0.1, 0.15) is 13.3 Å². The van der Waals surface area contributed by atoms with Gasteiger partial charge in [0.2, 0.25) is 15.9 Å². The SMILES string of the molecule is CNS(=O)(=O)c1ccc(NC(=O)C2(C)CCNC2)cc1. The molecule has 1 amide bonds. The highest BCUT2D eigenvalue weighted by Gasteiger charge is 2.36. The largest absolute Gasteiger partial charge is 0.326 e. The van der Waals surface area contributed by atoms with Crippen molar-refractivity contribution in [3.05, 3.63) is 24.3 Å². The number of carbonyl (C=O) groups excluding carboxylic acids is 1. The maximum absolute atomic E-state index is 12.2. The minimum atomic E-state index is -3.44. The standard InChI is InChI=1S/C13H19N3O3S/c1-13(7-8-15-9-13)12(17)16-10-3-5-11(6-4-10)20(18,19)14-2/h3-6,14-15H,7-9H2,1-2H3,(H,16,17). The Hall–Kier alpha value is -1.44. The number of hydrogen-bond donors (Lipinski definition) is 3. The van der Waals surface area contributed by atoms with Gasteiger partial charge >= 0.3 is 0 Å². The van der Waals surface area contributed by atoms with Gasteiger partial charge in [-0.3, -0.25) is 4.79 Å². The summed E-state index contributed by atoms with van der Waals surface area (Å²) in [6, 6.07) is 6.12. The molecule has 20 heavy (non-hydrogen) atoms. The summed E-state index contributed by atoms with van der Waals surface area (Å²) in [7, 11) is -2.08. The number of amides is 1. The van der Waals surface area contributed by atoms with Crippen molar-refractivity contribution in [2.24, 2.45) is 5.41 Å². The molecule has 1 unspecified atom stereocenters. The Balaban J connectivity index is 2.10. The molecular formula is C13H19N3O3S. The molecule has 1 aliphatic heterocycles. The molecule has 1 fully saturated rings. The van der Waals surface area contributed by atoms with Crippen LogP contribution in [0, 0.1) is 5.41 Å². The van der Waals surface area contributed by atoms with Crippen molar-refractivity contribution in [2.45, 2.75) is 18.2 Å². The second kappa shape index (κ2) is 5.51. The molecule has 1 aliphatic rings. The summed E-state index contributed by atoms with van der Waals surface area (Å²) in [6.07, 6.45) is 0.797. The van der Waals surface area contributed by atoms with Gasteiger partial charge in [-0.25, -0.2) is 13.1 Å². The zero-order chi connectivity index (χ0) is 14.8. The Labute approximate surface area is 119 Å². The summed E-state index contributed by atoms with van der Waals surface area (Å²) < 4.78 is 25.4. The van der Waals surface area contributed by atoms with E-state index in [-0.39, 0.29) is 10.8 Å². The summed E-state index contributed by atoms with van der Waals surface area (Å²) in [5, 5.41) is 5.99. The second-order valence-electron chi connectivity index (χ2n) is 5.17. The van der Waals surface area contributed by atoms with E-state index in [0.717, 1.165) is 13.0 Å². The van der Waals surface area contributed by atoms with E-state index in [1.807, 2.05) is 6.92 Å². The third-order valence-corrected chi connectivity index (χ3v) is 5.04. The lowest BCUT2D eigenvalue weighted by molar-refractivity contribution is -0.123. The van der Waals surface area contributed by atoms with Gasteiger partial charge in [0.05, 0.1) is 10.3 Å². The first-order valence-corrected chi connectivity index (χ1v) is 7.91. The number of rotatable bonds is 4. The maximum atomic E-state index is 12.2. The van der Waals surface area contributed by atoms with E-state index in [1.165, 1.54) is 19.2 Å². The van der Waals surface area contributed by atoms with Crippen molar-refractivity contribution >= 4 is 21.6 Å². The molecule has 1 aromatic rings. The minimum Gasteiger partial charge on any atom is -0.326 e. The summed E-state index contributed by atoms with van der Waals surface area (Å²) in [4.78, 5) is 12.4. The molecule has 0 aromatic heterocycles. The predicted octanol–water partition coefficient (Wildman–Crippen LogP) is 0.533. The zero-order valence-electron chi connectivity index (χ0n) is 11.6. The molecule has 1 heterocycles. The van der Waals surface area contributed by atoms with Gasteiger partial charge in [-0.15, -0.1) is 0 Å². The van der Waals surface area contributed by atoms with E-state index < -0.39 is 15.4 Å². The van der Waals surface area contributed by atoms with E-state index in [9.17, 15) is 13.2 Å². The van der Waals surface area contributed by atoms with Crippen LogP contribution < -0.4 is 15.4 Å². The normalized spacial score (nSPS) is 22.7. The van der Waals surface area contributed by atoms with Crippen LogP contribution in [-0.2, 0) is 14.8 Å². The first-order chi connectivity index (χ1) is 9.37. The Morgan fingerprint density at radius 1 is 1.30 bits per heavy atom. The molecule has 1 atom stereocenters. The predicted molar refractivity (Wildman–Crippen MR) is 76.9 cm³/mol. The highest BCUT2D eigenvalue weighted by atomic mass is 32.2. The van der Waals surface area contributed by atoms with Crippen molar-refractivity contribution in [1.82, 2.24) is 10.0 Å². The average molecular weight is 297 g/mol. The van der Waals surface area contributed by atoms with Gasteiger partial charge in [0.15, 0.2) is 0 Å². The van der Waals surface area contributed by atoms with E-state index in [0.29, 0.717) is 12.2 Å². The van der Waals surface area contributed by atoms with Crippen LogP contribution >= 0.6 is 0 Å². The minimum absolute atomic E-state index is 0.0493. The molecule has 2 rings (SSSR count). The summed E-state index contributed by atoms with van der Waals surface area (Å²) in [5.41, 5.74) is 0.189. The quantitative estimate of drug-likeness (QED) is 0.756. The Morgan fingerprint density at radius 3 is 2.45 bits per heavy atom. The van der Waals surface area contributed by atoms with E-state index in [1.54, 1.807) is 12.1 Å². The van der Waals surface area contributed by atoms with Crippen LogP contribution in [0.25, 0.3) is 0 Å². The van der Waals surface area contributed by atoms with Crippen LogP contribution in [0.2, 0.25) is 0 Å². The van der Waals surface area contributed by atoms with E-state index in [4.69, 9.17) is 0 Å². The number of hydrogen-bond acceptors (Lipinski definition) is 4. The van der Waals surface area contributed by atoms with Crippen LogP contribution in [0.5, 0.6) is 0 Å². The van der Waals surface area contributed by atoms with Gasteiger partial charge < -0.3 is 10.6 Å². The van der Waals surface area contributed by atoms with Gasteiger partial charge in [0.25, 0.3) is 0 Å². The van der Waals surface area contributed by atoms with Crippen molar-refractivity contribution in [3.63, 3.8) is 0 Å². The zero-order valence-corrected chi connectivity index (χ0v) is 12.4. The van der Waals surface area contributed by atoms with Crippen LogP contribution in [-0.4, -0.2) is 34.5 Å². The Kier molecular flexibility index (Phi) is 4.12. The maximum Gasteiger partial charge on any atom is 0.240 e. The van der Waals surface area contributed by atoms with Crippen molar-refractivity contribution in [3.8, 4) is 0 Å². The van der Waals surface area contributed by atoms with Crippen LogP contribution in [0.4, 0.5) is 5.69 Å². The first kappa shape index (κ1) is 15.0. The lowest BCUT2D eigenvalue weighted by Gasteiger charge is -2.21. The fourth-order valence-electron chi connectivity index (χ4n) is 2.13. The molecular weight excluding hydrogens is 278 g/mol. The molecule has 0 saturated carbocycles. The second-order valence-corrected chi connectivity index (χ2v) is 7.06. The fraction of sp³-hybridized carbons (Fsp3) is 0.462. The van der Waals surface area contributed by atoms with Gasteiger partial charge in [-0.1, -0.05) is 0 Å². The summed E-state index contributed by atoms with van der Waals surface area (Å²) in [6.45, 7) is 3.41. The highest BCUT2D eigenvalue weighted by molar-refractivity contribution is 7.89. The summed E-state index contributed by atoms with van der Waals surface area (Å²) in [5.74, 6) is -0.0493. The lowest BCUT2D eigenvalue weighted by atomic mass is 9.89. The monoisotopic (exact) mass is 297 g/mol. The summed E-state index contributed by atoms with van der Waals surface area (Å²) >= 11 is 0. The van der Waals surface area contributed by atoms with E-state index in [2.05, 4.69) is 15.4 Å². The number of anilines is 1. The molecule has 6 nitrogen and oxygen atoms in total.